The molecule has 3 nitrogen and oxygen atoms in total. The maximum atomic E-state index is 13.5. The van der Waals surface area contributed by atoms with Crippen molar-refractivity contribution in [3.8, 4) is 0 Å². The Labute approximate surface area is 100 Å². The largest absolute Gasteiger partial charge is 0.322 e. The summed E-state index contributed by atoms with van der Waals surface area (Å²) in [5, 5.41) is 5.82. The van der Waals surface area contributed by atoms with Crippen LogP contribution >= 0.6 is 0 Å². The normalized spacial score (nSPS) is 20.0. The molecule has 1 heterocycles. The van der Waals surface area contributed by atoms with Crippen molar-refractivity contribution in [2.24, 2.45) is 0 Å². The summed E-state index contributed by atoms with van der Waals surface area (Å²) in [6.45, 7) is 2.64. The van der Waals surface area contributed by atoms with Gasteiger partial charge >= 0.3 is 0 Å². The van der Waals surface area contributed by atoms with E-state index in [1.54, 1.807) is 19.1 Å². The summed E-state index contributed by atoms with van der Waals surface area (Å²) in [6.07, 6.45) is 2.96. The first-order valence-corrected chi connectivity index (χ1v) is 5.98. The predicted octanol–water partition coefficient (Wildman–Crippen LogP) is 2.21. The molecule has 0 aromatic heterocycles. The van der Waals surface area contributed by atoms with Crippen LogP contribution in [-0.2, 0) is 4.79 Å². The Morgan fingerprint density at radius 1 is 1.47 bits per heavy atom. The number of halogens is 1. The molecular formula is C13H17FN2O. The van der Waals surface area contributed by atoms with Crippen molar-refractivity contribution in [2.45, 2.75) is 32.2 Å². The molecule has 2 N–H and O–H groups in total. The number of hydrogen-bond donors (Lipinski definition) is 2. The van der Waals surface area contributed by atoms with Gasteiger partial charge in [-0.3, -0.25) is 4.79 Å². The molecule has 1 amide bonds. The first kappa shape index (κ1) is 12.0. The summed E-state index contributed by atoms with van der Waals surface area (Å²) in [4.78, 5) is 11.9. The molecule has 1 aliphatic heterocycles. The molecule has 0 saturated carbocycles. The predicted molar refractivity (Wildman–Crippen MR) is 65.4 cm³/mol. The number of rotatable bonds is 2. The van der Waals surface area contributed by atoms with E-state index < -0.39 is 0 Å². The standard InChI is InChI=1S/C13H17FN2O/c1-9-5-4-6-10(14)12(9)16-13(17)11-7-2-3-8-15-11/h4-6,11,15H,2-3,7-8H2,1H3,(H,16,17)/t11-/m1/s1. The number of carbonyl (C=O) groups excluding carboxylic acids is 1. The zero-order valence-corrected chi connectivity index (χ0v) is 9.92. The highest BCUT2D eigenvalue weighted by molar-refractivity contribution is 5.95. The Balaban J connectivity index is 2.07. The molecule has 1 atom stereocenters. The van der Waals surface area contributed by atoms with Crippen LogP contribution in [0.4, 0.5) is 10.1 Å². The highest BCUT2D eigenvalue weighted by Crippen LogP contribution is 2.19. The van der Waals surface area contributed by atoms with Crippen LogP contribution in [0, 0.1) is 12.7 Å². The summed E-state index contributed by atoms with van der Waals surface area (Å²) in [5.74, 6) is -0.521. The van der Waals surface area contributed by atoms with E-state index in [0.717, 1.165) is 31.4 Å². The van der Waals surface area contributed by atoms with Gasteiger partial charge in [-0.15, -0.1) is 0 Å². The van der Waals surface area contributed by atoms with Crippen LogP contribution in [0.5, 0.6) is 0 Å². The number of aryl methyl sites for hydroxylation is 1. The third-order valence-corrected chi connectivity index (χ3v) is 3.10. The van der Waals surface area contributed by atoms with Gasteiger partial charge in [-0.25, -0.2) is 4.39 Å². The number of piperidine rings is 1. The second-order valence-electron chi connectivity index (χ2n) is 4.42. The zero-order valence-electron chi connectivity index (χ0n) is 9.92. The first-order valence-electron chi connectivity index (χ1n) is 5.98. The quantitative estimate of drug-likeness (QED) is 0.826. The fourth-order valence-electron chi connectivity index (χ4n) is 2.08. The number of anilines is 1. The van der Waals surface area contributed by atoms with E-state index in [1.165, 1.54) is 6.07 Å². The molecule has 1 saturated heterocycles. The summed E-state index contributed by atoms with van der Waals surface area (Å²) >= 11 is 0. The van der Waals surface area contributed by atoms with Gasteiger partial charge in [-0.2, -0.15) is 0 Å². The Morgan fingerprint density at radius 3 is 2.94 bits per heavy atom. The van der Waals surface area contributed by atoms with Gasteiger partial charge < -0.3 is 10.6 Å². The maximum Gasteiger partial charge on any atom is 0.241 e. The highest BCUT2D eigenvalue weighted by atomic mass is 19.1. The van der Waals surface area contributed by atoms with Crippen LogP contribution in [0.3, 0.4) is 0 Å². The Kier molecular flexibility index (Phi) is 3.74. The van der Waals surface area contributed by atoms with Gasteiger partial charge in [-0.1, -0.05) is 18.6 Å². The molecule has 0 radical (unpaired) electrons. The summed E-state index contributed by atoms with van der Waals surface area (Å²) in [7, 11) is 0. The number of carbonyl (C=O) groups is 1. The minimum absolute atomic E-state index is 0.141. The van der Waals surface area contributed by atoms with Gasteiger partial charge in [-0.05, 0) is 37.9 Å². The molecule has 1 fully saturated rings. The minimum Gasteiger partial charge on any atom is -0.322 e. The fourth-order valence-corrected chi connectivity index (χ4v) is 2.08. The smallest absolute Gasteiger partial charge is 0.241 e. The molecule has 2 rings (SSSR count). The SMILES string of the molecule is Cc1cccc(F)c1NC(=O)[C@H]1CCCCN1. The second kappa shape index (κ2) is 5.27. The van der Waals surface area contributed by atoms with Crippen molar-refractivity contribution in [3.63, 3.8) is 0 Å². The van der Waals surface area contributed by atoms with Crippen LogP contribution in [0.1, 0.15) is 24.8 Å². The van der Waals surface area contributed by atoms with Crippen molar-refractivity contribution >= 4 is 11.6 Å². The molecular weight excluding hydrogens is 219 g/mol. The van der Waals surface area contributed by atoms with Crippen LogP contribution < -0.4 is 10.6 Å². The Bertz CT molecular complexity index is 394. The lowest BCUT2D eigenvalue weighted by atomic mass is 10.0. The third kappa shape index (κ3) is 2.82. The molecule has 1 aromatic carbocycles. The zero-order chi connectivity index (χ0) is 12.3. The van der Waals surface area contributed by atoms with Gasteiger partial charge in [0.2, 0.25) is 5.91 Å². The number of benzene rings is 1. The summed E-state index contributed by atoms with van der Waals surface area (Å²) in [5.41, 5.74) is 1.04. The van der Waals surface area contributed by atoms with E-state index in [2.05, 4.69) is 10.6 Å². The van der Waals surface area contributed by atoms with Crippen molar-refractivity contribution in [2.75, 3.05) is 11.9 Å². The molecule has 1 aromatic rings. The molecule has 0 spiro atoms. The van der Waals surface area contributed by atoms with E-state index in [-0.39, 0.29) is 17.8 Å². The van der Waals surface area contributed by atoms with E-state index >= 15 is 0 Å². The molecule has 4 heteroatoms. The van der Waals surface area contributed by atoms with Crippen molar-refractivity contribution in [1.29, 1.82) is 0 Å². The Morgan fingerprint density at radius 2 is 2.29 bits per heavy atom. The molecule has 17 heavy (non-hydrogen) atoms. The molecule has 1 aliphatic rings. The Hall–Kier alpha value is -1.42. The lowest BCUT2D eigenvalue weighted by Gasteiger charge is -2.23. The highest BCUT2D eigenvalue weighted by Gasteiger charge is 2.21. The third-order valence-electron chi connectivity index (χ3n) is 3.10. The molecule has 92 valence electrons. The number of para-hydroxylation sites is 1. The van der Waals surface area contributed by atoms with Crippen LogP contribution in [0.25, 0.3) is 0 Å². The van der Waals surface area contributed by atoms with E-state index in [9.17, 15) is 9.18 Å². The van der Waals surface area contributed by atoms with E-state index in [1.807, 2.05) is 0 Å². The average molecular weight is 236 g/mol. The maximum absolute atomic E-state index is 13.5. The molecule has 0 bridgehead atoms. The number of nitrogens with one attached hydrogen (secondary N) is 2. The van der Waals surface area contributed by atoms with Gasteiger partial charge in [0.15, 0.2) is 0 Å². The van der Waals surface area contributed by atoms with Crippen LogP contribution in [-0.4, -0.2) is 18.5 Å². The van der Waals surface area contributed by atoms with Gasteiger partial charge in [0.25, 0.3) is 0 Å². The van der Waals surface area contributed by atoms with Crippen molar-refractivity contribution in [3.05, 3.63) is 29.6 Å². The summed E-state index contributed by atoms with van der Waals surface area (Å²) in [6, 6.07) is 4.59. The van der Waals surface area contributed by atoms with Gasteiger partial charge in [0.05, 0.1) is 11.7 Å². The van der Waals surface area contributed by atoms with Crippen LogP contribution in [0.2, 0.25) is 0 Å². The lowest BCUT2D eigenvalue weighted by Crippen LogP contribution is -2.43. The second-order valence-corrected chi connectivity index (χ2v) is 4.42. The van der Waals surface area contributed by atoms with E-state index in [4.69, 9.17) is 0 Å². The molecule has 0 aliphatic carbocycles. The lowest BCUT2D eigenvalue weighted by molar-refractivity contribution is -0.118. The monoisotopic (exact) mass is 236 g/mol. The van der Waals surface area contributed by atoms with Crippen molar-refractivity contribution < 1.29 is 9.18 Å². The van der Waals surface area contributed by atoms with Gasteiger partial charge in [0.1, 0.15) is 5.82 Å². The first-order chi connectivity index (χ1) is 8.18. The summed E-state index contributed by atoms with van der Waals surface area (Å²) < 4.78 is 13.5. The number of hydrogen-bond acceptors (Lipinski definition) is 2. The topological polar surface area (TPSA) is 41.1 Å². The average Bonchev–Trinajstić information content (AvgIpc) is 2.35. The minimum atomic E-state index is -0.380. The van der Waals surface area contributed by atoms with Crippen molar-refractivity contribution in [1.82, 2.24) is 5.32 Å². The van der Waals surface area contributed by atoms with Gasteiger partial charge in [0, 0.05) is 0 Å². The molecule has 0 unspecified atom stereocenters. The number of amides is 1. The fraction of sp³-hybridized carbons (Fsp3) is 0.462. The van der Waals surface area contributed by atoms with E-state index in [0.29, 0.717) is 5.69 Å². The van der Waals surface area contributed by atoms with Crippen LogP contribution in [0.15, 0.2) is 18.2 Å².